The van der Waals surface area contributed by atoms with Crippen molar-refractivity contribution in [2.45, 2.75) is 25.7 Å². The summed E-state index contributed by atoms with van der Waals surface area (Å²) in [5.74, 6) is 1.06. The number of likely N-dealkylation sites (tertiary alicyclic amines) is 1. The molecule has 128 valence electrons. The van der Waals surface area contributed by atoms with Gasteiger partial charge in [-0.15, -0.1) is 12.4 Å². The molecule has 0 bridgehead atoms. The molecule has 2 atom stereocenters. The largest absolute Gasteiger partial charge is 0.326 e. The number of carbonyl (C=O) groups is 1. The Morgan fingerprint density at radius 2 is 2.04 bits per heavy atom. The lowest BCUT2D eigenvalue weighted by molar-refractivity contribution is -0.121. The first-order valence-corrected chi connectivity index (χ1v) is 8.60. The maximum atomic E-state index is 12.5. The molecular weight excluding hydrogens is 310 g/mol. The number of halogens is 1. The van der Waals surface area contributed by atoms with E-state index >= 15 is 0 Å². The number of para-hydroxylation sites is 1. The Balaban J connectivity index is 0.00000192. The Hall–Kier alpha value is -1.10. The van der Waals surface area contributed by atoms with Crippen molar-refractivity contribution in [2.75, 3.05) is 38.0 Å². The second-order valence-electron chi connectivity index (χ2n) is 6.67. The van der Waals surface area contributed by atoms with Crippen LogP contribution in [-0.4, -0.2) is 43.5 Å². The van der Waals surface area contributed by atoms with Crippen molar-refractivity contribution in [3.63, 3.8) is 0 Å². The van der Waals surface area contributed by atoms with Gasteiger partial charge in [-0.2, -0.15) is 0 Å². The summed E-state index contributed by atoms with van der Waals surface area (Å²) in [6.45, 7) is 5.50. The highest BCUT2D eigenvalue weighted by molar-refractivity contribution is 5.92. The maximum Gasteiger partial charge on any atom is 0.228 e. The Kier molecular flexibility index (Phi) is 7.34. The monoisotopic (exact) mass is 337 g/mol. The van der Waals surface area contributed by atoms with Gasteiger partial charge in [-0.1, -0.05) is 18.2 Å². The molecule has 2 fully saturated rings. The fraction of sp³-hybridized carbons (Fsp3) is 0.611. The fourth-order valence-corrected chi connectivity index (χ4v) is 3.65. The SMILES string of the molecule is Cl.O=C(Nc1ccccc1)C1CCCN(CC2CCCNC2)C1. The molecule has 2 heterocycles. The number of rotatable bonds is 4. The highest BCUT2D eigenvalue weighted by Crippen LogP contribution is 2.21. The molecule has 0 spiro atoms. The number of anilines is 1. The molecule has 1 aromatic rings. The van der Waals surface area contributed by atoms with E-state index in [0.717, 1.165) is 50.6 Å². The van der Waals surface area contributed by atoms with Crippen LogP contribution in [0.5, 0.6) is 0 Å². The van der Waals surface area contributed by atoms with E-state index in [1.54, 1.807) is 0 Å². The van der Waals surface area contributed by atoms with Crippen LogP contribution >= 0.6 is 12.4 Å². The highest BCUT2D eigenvalue weighted by atomic mass is 35.5. The van der Waals surface area contributed by atoms with E-state index in [1.165, 1.54) is 19.4 Å². The predicted octanol–water partition coefficient (Wildman–Crippen LogP) is 2.76. The average molecular weight is 338 g/mol. The molecule has 1 aromatic carbocycles. The molecule has 2 aliphatic heterocycles. The molecule has 0 aromatic heterocycles. The van der Waals surface area contributed by atoms with Gasteiger partial charge in [0.15, 0.2) is 0 Å². The molecule has 23 heavy (non-hydrogen) atoms. The lowest BCUT2D eigenvalue weighted by Crippen LogP contribution is -2.45. The second kappa shape index (κ2) is 9.26. The summed E-state index contributed by atoms with van der Waals surface area (Å²) in [6.07, 6.45) is 4.76. The minimum atomic E-state index is 0. The summed E-state index contributed by atoms with van der Waals surface area (Å²) < 4.78 is 0. The van der Waals surface area contributed by atoms with Crippen molar-refractivity contribution in [2.24, 2.45) is 11.8 Å². The van der Waals surface area contributed by atoms with E-state index in [4.69, 9.17) is 0 Å². The molecule has 0 radical (unpaired) electrons. The van der Waals surface area contributed by atoms with Crippen molar-refractivity contribution >= 4 is 24.0 Å². The van der Waals surface area contributed by atoms with Crippen LogP contribution in [0.25, 0.3) is 0 Å². The molecule has 5 heteroatoms. The smallest absolute Gasteiger partial charge is 0.228 e. The van der Waals surface area contributed by atoms with Crippen molar-refractivity contribution in [3.05, 3.63) is 30.3 Å². The molecule has 2 N–H and O–H groups in total. The minimum absolute atomic E-state index is 0. The molecule has 0 aliphatic carbocycles. The van der Waals surface area contributed by atoms with E-state index in [2.05, 4.69) is 15.5 Å². The number of piperidine rings is 2. The molecule has 2 aliphatic rings. The summed E-state index contributed by atoms with van der Waals surface area (Å²) in [6, 6.07) is 9.78. The van der Waals surface area contributed by atoms with Crippen LogP contribution in [-0.2, 0) is 4.79 Å². The maximum absolute atomic E-state index is 12.5. The summed E-state index contributed by atoms with van der Waals surface area (Å²) >= 11 is 0. The number of hydrogen-bond acceptors (Lipinski definition) is 3. The first-order chi connectivity index (χ1) is 10.8. The Morgan fingerprint density at radius 1 is 1.22 bits per heavy atom. The topological polar surface area (TPSA) is 44.4 Å². The molecule has 3 rings (SSSR count). The van der Waals surface area contributed by atoms with E-state index in [-0.39, 0.29) is 24.2 Å². The quantitative estimate of drug-likeness (QED) is 0.888. The zero-order valence-electron chi connectivity index (χ0n) is 13.7. The van der Waals surface area contributed by atoms with Gasteiger partial charge in [0.05, 0.1) is 5.92 Å². The van der Waals surface area contributed by atoms with Gasteiger partial charge in [0.2, 0.25) is 5.91 Å². The lowest BCUT2D eigenvalue weighted by atomic mass is 9.94. The van der Waals surface area contributed by atoms with E-state index < -0.39 is 0 Å². The number of nitrogens with one attached hydrogen (secondary N) is 2. The van der Waals surface area contributed by atoms with Crippen LogP contribution in [0.15, 0.2) is 30.3 Å². The first kappa shape index (κ1) is 18.2. The Labute approximate surface area is 145 Å². The zero-order chi connectivity index (χ0) is 15.2. The lowest BCUT2D eigenvalue weighted by Gasteiger charge is -2.35. The third kappa shape index (κ3) is 5.48. The van der Waals surface area contributed by atoms with Gasteiger partial charge in [0.25, 0.3) is 0 Å². The van der Waals surface area contributed by atoms with Crippen LogP contribution in [0.3, 0.4) is 0 Å². The van der Waals surface area contributed by atoms with Crippen molar-refractivity contribution in [3.8, 4) is 0 Å². The van der Waals surface area contributed by atoms with Crippen molar-refractivity contribution < 1.29 is 4.79 Å². The number of carbonyl (C=O) groups excluding carboxylic acids is 1. The normalized spacial score (nSPS) is 25.4. The van der Waals surface area contributed by atoms with Gasteiger partial charge in [-0.3, -0.25) is 4.79 Å². The second-order valence-corrected chi connectivity index (χ2v) is 6.67. The summed E-state index contributed by atoms with van der Waals surface area (Å²) in [5.41, 5.74) is 0.904. The van der Waals surface area contributed by atoms with E-state index in [9.17, 15) is 4.79 Å². The standard InChI is InChI=1S/C18H27N3O.ClH/c22-18(20-17-8-2-1-3-9-17)16-7-5-11-21(14-16)13-15-6-4-10-19-12-15;/h1-3,8-9,15-16,19H,4-7,10-14H2,(H,20,22);1H. The highest BCUT2D eigenvalue weighted by Gasteiger charge is 2.27. The Bertz CT molecular complexity index is 476. The number of hydrogen-bond donors (Lipinski definition) is 2. The van der Waals surface area contributed by atoms with Crippen molar-refractivity contribution in [1.29, 1.82) is 0 Å². The number of nitrogens with zero attached hydrogens (tertiary/aromatic N) is 1. The number of benzene rings is 1. The fourth-order valence-electron chi connectivity index (χ4n) is 3.65. The summed E-state index contributed by atoms with van der Waals surface area (Å²) in [4.78, 5) is 15.0. The van der Waals surface area contributed by atoms with Crippen LogP contribution in [0.2, 0.25) is 0 Å². The third-order valence-electron chi connectivity index (χ3n) is 4.83. The van der Waals surface area contributed by atoms with Gasteiger partial charge >= 0.3 is 0 Å². The minimum Gasteiger partial charge on any atom is -0.326 e. The van der Waals surface area contributed by atoms with Gasteiger partial charge in [-0.25, -0.2) is 0 Å². The van der Waals surface area contributed by atoms with Gasteiger partial charge in [0, 0.05) is 18.8 Å². The van der Waals surface area contributed by atoms with Gasteiger partial charge in [-0.05, 0) is 63.4 Å². The molecule has 2 unspecified atom stereocenters. The molecule has 1 amide bonds. The molecule has 2 saturated heterocycles. The van der Waals surface area contributed by atoms with Crippen LogP contribution in [0.4, 0.5) is 5.69 Å². The third-order valence-corrected chi connectivity index (χ3v) is 4.83. The van der Waals surface area contributed by atoms with Crippen molar-refractivity contribution in [1.82, 2.24) is 10.2 Å². The number of amides is 1. The van der Waals surface area contributed by atoms with E-state index in [1.807, 2.05) is 30.3 Å². The molecular formula is C18H28ClN3O. The Morgan fingerprint density at radius 3 is 2.78 bits per heavy atom. The zero-order valence-corrected chi connectivity index (χ0v) is 14.5. The average Bonchev–Trinajstić information content (AvgIpc) is 2.57. The molecule has 0 saturated carbocycles. The first-order valence-electron chi connectivity index (χ1n) is 8.60. The molecule has 4 nitrogen and oxygen atoms in total. The van der Waals surface area contributed by atoms with Gasteiger partial charge < -0.3 is 15.5 Å². The summed E-state index contributed by atoms with van der Waals surface area (Å²) in [5, 5.41) is 6.54. The van der Waals surface area contributed by atoms with Crippen LogP contribution < -0.4 is 10.6 Å². The van der Waals surface area contributed by atoms with Crippen LogP contribution in [0.1, 0.15) is 25.7 Å². The summed E-state index contributed by atoms with van der Waals surface area (Å²) in [7, 11) is 0. The predicted molar refractivity (Wildman–Crippen MR) is 97.1 cm³/mol. The van der Waals surface area contributed by atoms with Crippen LogP contribution in [0, 0.1) is 11.8 Å². The van der Waals surface area contributed by atoms with E-state index in [0.29, 0.717) is 0 Å². The van der Waals surface area contributed by atoms with Gasteiger partial charge in [0.1, 0.15) is 0 Å².